The van der Waals surface area contributed by atoms with Crippen molar-refractivity contribution in [2.45, 2.75) is 77.9 Å². The van der Waals surface area contributed by atoms with Crippen LogP contribution in [0.1, 0.15) is 66.2 Å². The lowest BCUT2D eigenvalue weighted by Crippen LogP contribution is -2.42. The second-order valence-electron chi connectivity index (χ2n) is 7.36. The average molecular weight is 313 g/mol. The van der Waals surface area contributed by atoms with Gasteiger partial charge in [0.05, 0.1) is 18.2 Å². The molecule has 0 radical (unpaired) electrons. The standard InChI is InChI=1S/C18H35NO3/c1-7-17(3,14-18(4,8-2)22-6)12-16(20)19-11-9-10-15(19)13-21-5/h15H,7-14H2,1-6H3. The van der Waals surface area contributed by atoms with E-state index in [0.717, 1.165) is 38.6 Å². The normalized spacial score (nSPS) is 24.1. The van der Waals surface area contributed by atoms with Crippen LogP contribution in [0.3, 0.4) is 0 Å². The van der Waals surface area contributed by atoms with Gasteiger partial charge < -0.3 is 14.4 Å². The van der Waals surface area contributed by atoms with Crippen LogP contribution >= 0.6 is 0 Å². The van der Waals surface area contributed by atoms with E-state index in [1.165, 1.54) is 0 Å². The molecule has 1 rings (SSSR count). The SMILES string of the molecule is CCC(C)(CC(=O)N1CCCC1COC)CC(C)(CC)OC. The van der Waals surface area contributed by atoms with Crippen LogP contribution in [0, 0.1) is 5.41 Å². The predicted molar refractivity (Wildman–Crippen MR) is 89.9 cm³/mol. The molecule has 1 heterocycles. The molecule has 0 spiro atoms. The van der Waals surface area contributed by atoms with Crippen LogP contribution in [0.2, 0.25) is 0 Å². The van der Waals surface area contributed by atoms with E-state index in [9.17, 15) is 4.79 Å². The highest BCUT2D eigenvalue weighted by atomic mass is 16.5. The Morgan fingerprint density at radius 2 is 1.91 bits per heavy atom. The van der Waals surface area contributed by atoms with Gasteiger partial charge in [0.1, 0.15) is 0 Å². The molecule has 0 aliphatic carbocycles. The van der Waals surface area contributed by atoms with E-state index in [1.54, 1.807) is 14.2 Å². The van der Waals surface area contributed by atoms with Crippen LogP contribution in [0.25, 0.3) is 0 Å². The molecule has 1 saturated heterocycles. The van der Waals surface area contributed by atoms with Crippen molar-refractivity contribution in [3.63, 3.8) is 0 Å². The van der Waals surface area contributed by atoms with Gasteiger partial charge in [0.15, 0.2) is 0 Å². The first kappa shape index (κ1) is 19.4. The number of carbonyl (C=O) groups is 1. The van der Waals surface area contributed by atoms with E-state index in [2.05, 4.69) is 27.7 Å². The van der Waals surface area contributed by atoms with E-state index < -0.39 is 0 Å². The maximum Gasteiger partial charge on any atom is 0.223 e. The lowest BCUT2D eigenvalue weighted by atomic mass is 9.73. The minimum atomic E-state index is -0.151. The Morgan fingerprint density at radius 1 is 1.23 bits per heavy atom. The first-order valence-corrected chi connectivity index (χ1v) is 8.66. The predicted octanol–water partition coefficient (Wildman–Crippen LogP) is 3.64. The number of ether oxygens (including phenoxy) is 2. The quantitative estimate of drug-likeness (QED) is 0.652. The number of hydrogen-bond acceptors (Lipinski definition) is 3. The van der Waals surface area contributed by atoms with Crippen molar-refractivity contribution in [3.05, 3.63) is 0 Å². The van der Waals surface area contributed by atoms with Gasteiger partial charge >= 0.3 is 0 Å². The second-order valence-corrected chi connectivity index (χ2v) is 7.36. The average Bonchev–Trinajstić information content (AvgIpc) is 2.96. The van der Waals surface area contributed by atoms with Crippen molar-refractivity contribution >= 4 is 5.91 Å². The summed E-state index contributed by atoms with van der Waals surface area (Å²) in [5, 5.41) is 0. The minimum absolute atomic E-state index is 0.0158. The minimum Gasteiger partial charge on any atom is -0.383 e. The Labute approximate surface area is 136 Å². The Balaban J connectivity index is 2.73. The van der Waals surface area contributed by atoms with E-state index >= 15 is 0 Å². The molecule has 3 atom stereocenters. The molecule has 0 N–H and O–H groups in total. The molecule has 3 unspecified atom stereocenters. The molecule has 4 heteroatoms. The molecule has 0 aromatic heterocycles. The van der Waals surface area contributed by atoms with Gasteiger partial charge in [-0.25, -0.2) is 0 Å². The number of rotatable bonds is 9. The number of hydrogen-bond donors (Lipinski definition) is 0. The summed E-state index contributed by atoms with van der Waals surface area (Å²) >= 11 is 0. The van der Waals surface area contributed by atoms with Crippen LogP contribution < -0.4 is 0 Å². The van der Waals surface area contributed by atoms with Crippen molar-refractivity contribution in [2.75, 3.05) is 27.4 Å². The Kier molecular flexibility index (Phi) is 7.33. The zero-order chi connectivity index (χ0) is 16.8. The number of nitrogens with zero attached hydrogens (tertiary/aromatic N) is 1. The molecule has 1 aliphatic heterocycles. The van der Waals surface area contributed by atoms with Gasteiger partial charge in [-0.2, -0.15) is 0 Å². The smallest absolute Gasteiger partial charge is 0.223 e. The highest BCUT2D eigenvalue weighted by Gasteiger charge is 2.38. The maximum absolute atomic E-state index is 12.8. The van der Waals surface area contributed by atoms with Crippen LogP contribution in [-0.4, -0.2) is 49.8 Å². The van der Waals surface area contributed by atoms with Gasteiger partial charge in [-0.05, 0) is 38.0 Å². The summed E-state index contributed by atoms with van der Waals surface area (Å²) in [6.07, 6.45) is 5.62. The van der Waals surface area contributed by atoms with Crippen molar-refractivity contribution in [1.29, 1.82) is 0 Å². The third-order valence-corrected chi connectivity index (χ3v) is 5.53. The van der Waals surface area contributed by atoms with Gasteiger partial charge in [-0.15, -0.1) is 0 Å². The third kappa shape index (κ3) is 4.95. The second kappa shape index (κ2) is 8.30. The van der Waals surface area contributed by atoms with Gasteiger partial charge in [0, 0.05) is 27.2 Å². The zero-order valence-electron chi connectivity index (χ0n) is 15.4. The largest absolute Gasteiger partial charge is 0.383 e. The van der Waals surface area contributed by atoms with Gasteiger partial charge in [0.2, 0.25) is 5.91 Å². The van der Waals surface area contributed by atoms with E-state index in [-0.39, 0.29) is 23.0 Å². The van der Waals surface area contributed by atoms with E-state index in [4.69, 9.17) is 9.47 Å². The third-order valence-electron chi connectivity index (χ3n) is 5.53. The summed E-state index contributed by atoms with van der Waals surface area (Å²) in [6.45, 7) is 10.2. The first-order valence-electron chi connectivity index (χ1n) is 8.66. The van der Waals surface area contributed by atoms with Crippen molar-refractivity contribution in [3.8, 4) is 0 Å². The molecule has 0 bridgehead atoms. The van der Waals surface area contributed by atoms with Crippen LogP contribution in [0.15, 0.2) is 0 Å². The highest BCUT2D eigenvalue weighted by Crippen LogP contribution is 2.39. The number of carbonyl (C=O) groups excluding carboxylic acids is 1. The maximum atomic E-state index is 12.8. The van der Waals surface area contributed by atoms with E-state index in [1.807, 2.05) is 4.90 Å². The van der Waals surface area contributed by atoms with Crippen molar-refractivity contribution in [2.24, 2.45) is 5.41 Å². The lowest BCUT2D eigenvalue weighted by molar-refractivity contribution is -0.136. The first-order chi connectivity index (χ1) is 10.3. The molecule has 1 fully saturated rings. The molecule has 4 nitrogen and oxygen atoms in total. The van der Waals surface area contributed by atoms with Crippen molar-refractivity contribution < 1.29 is 14.3 Å². The molecular weight excluding hydrogens is 278 g/mol. The molecule has 130 valence electrons. The zero-order valence-corrected chi connectivity index (χ0v) is 15.4. The summed E-state index contributed by atoms with van der Waals surface area (Å²) in [7, 11) is 3.49. The summed E-state index contributed by atoms with van der Waals surface area (Å²) in [5.74, 6) is 0.276. The number of methoxy groups -OCH3 is 2. The lowest BCUT2D eigenvalue weighted by Gasteiger charge is -2.39. The summed E-state index contributed by atoms with van der Waals surface area (Å²) < 4.78 is 11.0. The number of likely N-dealkylation sites (tertiary alicyclic amines) is 1. The molecule has 0 saturated carbocycles. The molecule has 0 aromatic carbocycles. The summed E-state index contributed by atoms with van der Waals surface area (Å²) in [6, 6.07) is 0.263. The molecular formula is C18H35NO3. The molecule has 22 heavy (non-hydrogen) atoms. The highest BCUT2D eigenvalue weighted by molar-refractivity contribution is 5.77. The summed E-state index contributed by atoms with van der Waals surface area (Å²) in [5.41, 5.74) is -0.167. The Hall–Kier alpha value is -0.610. The molecule has 1 aliphatic rings. The topological polar surface area (TPSA) is 38.8 Å². The van der Waals surface area contributed by atoms with E-state index in [0.29, 0.717) is 13.0 Å². The Morgan fingerprint density at radius 3 is 2.41 bits per heavy atom. The fraction of sp³-hybridized carbons (Fsp3) is 0.944. The summed E-state index contributed by atoms with van der Waals surface area (Å²) in [4.78, 5) is 14.8. The van der Waals surface area contributed by atoms with Crippen molar-refractivity contribution in [1.82, 2.24) is 4.90 Å². The van der Waals surface area contributed by atoms with Gasteiger partial charge in [-0.1, -0.05) is 27.2 Å². The van der Waals surface area contributed by atoms with Crippen LogP contribution in [0.5, 0.6) is 0 Å². The van der Waals surface area contributed by atoms with Gasteiger partial charge in [0.25, 0.3) is 0 Å². The van der Waals surface area contributed by atoms with Crippen LogP contribution in [-0.2, 0) is 14.3 Å². The Bertz CT molecular complexity index is 354. The fourth-order valence-corrected chi connectivity index (χ4v) is 3.55. The monoisotopic (exact) mass is 313 g/mol. The number of amides is 1. The fourth-order valence-electron chi connectivity index (χ4n) is 3.55. The molecule has 1 amide bonds. The molecule has 0 aromatic rings. The van der Waals surface area contributed by atoms with Gasteiger partial charge in [-0.3, -0.25) is 4.79 Å². The van der Waals surface area contributed by atoms with Crippen LogP contribution in [0.4, 0.5) is 0 Å².